The van der Waals surface area contributed by atoms with Crippen molar-refractivity contribution in [3.05, 3.63) is 59.7 Å². The molecular formula is C20H24N8O3. The average molecular weight is 424 g/mol. The van der Waals surface area contributed by atoms with Crippen molar-refractivity contribution in [3.63, 3.8) is 0 Å². The quantitative estimate of drug-likeness (QED) is 0.221. The second-order valence-electron chi connectivity index (χ2n) is 6.44. The summed E-state index contributed by atoms with van der Waals surface area (Å²) in [6.07, 6.45) is 0.251. The van der Waals surface area contributed by atoms with Crippen LogP contribution in [0.3, 0.4) is 0 Å². The number of nitrogens with two attached hydrogens (primary N) is 3. The van der Waals surface area contributed by atoms with Gasteiger partial charge in [0.05, 0.1) is 5.84 Å². The SMILES string of the molecule is N=C(N)CCNC(=O)c1cccc(NC(=O)c2cccc(NC(=O)CN=C(N)N)c2)c1. The molecular weight excluding hydrogens is 400 g/mol. The standard InChI is InChI=1S/C20H24N8O3/c21-16(22)7-8-25-18(30)12-3-1-6-15(9-12)28-19(31)13-4-2-5-14(10-13)27-17(29)11-26-20(23)24/h1-6,9-10H,7-8,11H2,(H3,21,22)(H,25,30)(H,27,29)(H,28,31)(H4,23,24,26). The molecule has 0 radical (unpaired) electrons. The van der Waals surface area contributed by atoms with Crippen molar-refractivity contribution < 1.29 is 14.4 Å². The van der Waals surface area contributed by atoms with Gasteiger partial charge in [-0.3, -0.25) is 19.8 Å². The number of aliphatic imine (C=N–C) groups is 1. The van der Waals surface area contributed by atoms with E-state index in [4.69, 9.17) is 22.6 Å². The summed E-state index contributed by atoms with van der Waals surface area (Å²) in [7, 11) is 0. The molecule has 3 amide bonds. The molecule has 0 aliphatic heterocycles. The summed E-state index contributed by atoms with van der Waals surface area (Å²) in [6.45, 7) is 0.00643. The van der Waals surface area contributed by atoms with Gasteiger partial charge in [0.25, 0.3) is 11.8 Å². The van der Waals surface area contributed by atoms with E-state index in [2.05, 4.69) is 20.9 Å². The molecule has 0 aromatic heterocycles. The molecule has 0 unspecified atom stereocenters. The number of amides is 3. The smallest absolute Gasteiger partial charge is 0.255 e. The van der Waals surface area contributed by atoms with E-state index in [-0.39, 0.29) is 37.2 Å². The molecule has 0 aliphatic rings. The third-order valence-corrected chi connectivity index (χ3v) is 3.88. The van der Waals surface area contributed by atoms with Crippen molar-refractivity contribution in [2.24, 2.45) is 22.2 Å². The maximum Gasteiger partial charge on any atom is 0.255 e. The van der Waals surface area contributed by atoms with Crippen LogP contribution in [-0.2, 0) is 4.79 Å². The molecule has 2 rings (SSSR count). The zero-order valence-corrected chi connectivity index (χ0v) is 16.6. The Morgan fingerprint density at radius 1 is 0.871 bits per heavy atom. The van der Waals surface area contributed by atoms with Crippen molar-refractivity contribution in [2.45, 2.75) is 6.42 Å². The molecule has 0 fully saturated rings. The lowest BCUT2D eigenvalue weighted by atomic mass is 10.1. The number of nitrogens with zero attached hydrogens (tertiary/aromatic N) is 1. The van der Waals surface area contributed by atoms with Crippen molar-refractivity contribution >= 4 is 40.9 Å². The number of anilines is 2. The fourth-order valence-corrected chi connectivity index (χ4v) is 2.46. The summed E-state index contributed by atoms with van der Waals surface area (Å²) >= 11 is 0. The first-order chi connectivity index (χ1) is 14.7. The van der Waals surface area contributed by atoms with Gasteiger partial charge in [0.2, 0.25) is 5.91 Å². The summed E-state index contributed by atoms with van der Waals surface area (Å²) in [5.41, 5.74) is 17.1. The summed E-state index contributed by atoms with van der Waals surface area (Å²) in [5.74, 6) is -1.42. The highest BCUT2D eigenvalue weighted by atomic mass is 16.2. The Morgan fingerprint density at radius 2 is 1.45 bits per heavy atom. The van der Waals surface area contributed by atoms with E-state index in [9.17, 15) is 14.4 Å². The van der Waals surface area contributed by atoms with E-state index < -0.39 is 11.8 Å². The highest BCUT2D eigenvalue weighted by Crippen LogP contribution is 2.15. The van der Waals surface area contributed by atoms with Gasteiger partial charge in [0.1, 0.15) is 6.54 Å². The minimum absolute atomic E-state index is 0.0176. The van der Waals surface area contributed by atoms with Crippen LogP contribution in [0.1, 0.15) is 27.1 Å². The first-order valence-electron chi connectivity index (χ1n) is 9.22. The Morgan fingerprint density at radius 3 is 2.03 bits per heavy atom. The number of carbonyl (C=O) groups is 3. The molecule has 0 bridgehead atoms. The van der Waals surface area contributed by atoms with E-state index in [1.807, 2.05) is 0 Å². The van der Waals surface area contributed by atoms with Crippen LogP contribution in [0.4, 0.5) is 11.4 Å². The molecule has 162 valence electrons. The van der Waals surface area contributed by atoms with E-state index in [0.29, 0.717) is 22.5 Å². The van der Waals surface area contributed by atoms with Crippen molar-refractivity contribution in [1.29, 1.82) is 5.41 Å². The van der Waals surface area contributed by atoms with E-state index in [1.54, 1.807) is 36.4 Å². The fourth-order valence-electron chi connectivity index (χ4n) is 2.46. The lowest BCUT2D eigenvalue weighted by molar-refractivity contribution is -0.114. The number of hydrogen-bond donors (Lipinski definition) is 7. The molecule has 11 nitrogen and oxygen atoms in total. The van der Waals surface area contributed by atoms with Gasteiger partial charge in [-0.1, -0.05) is 12.1 Å². The Balaban J connectivity index is 2.02. The van der Waals surface area contributed by atoms with Crippen molar-refractivity contribution in [1.82, 2.24) is 5.32 Å². The molecule has 0 atom stereocenters. The normalized spacial score (nSPS) is 9.94. The van der Waals surface area contributed by atoms with Gasteiger partial charge in [0, 0.05) is 35.5 Å². The number of rotatable bonds is 9. The van der Waals surface area contributed by atoms with Crippen molar-refractivity contribution in [3.8, 4) is 0 Å². The third-order valence-electron chi connectivity index (χ3n) is 3.88. The maximum atomic E-state index is 12.6. The predicted octanol–water partition coefficient (Wildman–Crippen LogP) is 0.207. The number of guanidine groups is 1. The fraction of sp³-hybridized carbons (Fsp3) is 0.150. The number of carbonyl (C=O) groups excluding carboxylic acids is 3. The Labute approximate surface area is 178 Å². The molecule has 10 N–H and O–H groups in total. The molecule has 0 spiro atoms. The predicted molar refractivity (Wildman–Crippen MR) is 119 cm³/mol. The van der Waals surface area contributed by atoms with E-state index in [0.717, 1.165) is 0 Å². The monoisotopic (exact) mass is 424 g/mol. The van der Waals surface area contributed by atoms with Gasteiger partial charge in [-0.2, -0.15) is 0 Å². The third kappa shape index (κ3) is 7.85. The van der Waals surface area contributed by atoms with Crippen molar-refractivity contribution in [2.75, 3.05) is 23.7 Å². The molecule has 0 saturated carbocycles. The molecule has 0 heterocycles. The molecule has 0 saturated heterocycles. The number of amidine groups is 1. The topological polar surface area (TPSA) is 202 Å². The zero-order valence-electron chi connectivity index (χ0n) is 16.6. The first kappa shape index (κ1) is 22.9. The molecule has 31 heavy (non-hydrogen) atoms. The Hall–Kier alpha value is -4.41. The largest absolute Gasteiger partial charge is 0.388 e. The van der Waals surface area contributed by atoms with Crippen LogP contribution in [-0.4, -0.2) is 42.6 Å². The summed E-state index contributed by atoms with van der Waals surface area (Å²) in [5, 5.41) is 15.1. The second kappa shape index (κ2) is 11.0. The van der Waals surface area contributed by atoms with Crippen LogP contribution in [0.15, 0.2) is 53.5 Å². The van der Waals surface area contributed by atoms with Crippen LogP contribution in [0, 0.1) is 5.41 Å². The van der Waals surface area contributed by atoms with Gasteiger partial charge in [-0.05, 0) is 36.4 Å². The molecule has 0 aliphatic carbocycles. The minimum Gasteiger partial charge on any atom is -0.388 e. The highest BCUT2D eigenvalue weighted by Gasteiger charge is 2.11. The molecule has 11 heteroatoms. The zero-order chi connectivity index (χ0) is 22.8. The first-order valence-corrected chi connectivity index (χ1v) is 9.22. The Bertz CT molecular complexity index is 1010. The van der Waals surface area contributed by atoms with E-state index in [1.165, 1.54) is 12.1 Å². The van der Waals surface area contributed by atoms with Gasteiger partial charge in [-0.25, -0.2) is 4.99 Å². The molecule has 2 aromatic carbocycles. The van der Waals surface area contributed by atoms with Crippen LogP contribution >= 0.6 is 0 Å². The van der Waals surface area contributed by atoms with Crippen LogP contribution in [0.2, 0.25) is 0 Å². The van der Waals surface area contributed by atoms with Crippen LogP contribution in [0.25, 0.3) is 0 Å². The number of nitrogens with one attached hydrogen (secondary N) is 4. The summed E-state index contributed by atoms with van der Waals surface area (Å²) in [6, 6.07) is 12.7. The van der Waals surface area contributed by atoms with Gasteiger partial charge in [0.15, 0.2) is 5.96 Å². The van der Waals surface area contributed by atoms with Gasteiger partial charge in [-0.15, -0.1) is 0 Å². The van der Waals surface area contributed by atoms with Crippen LogP contribution < -0.4 is 33.2 Å². The lowest BCUT2D eigenvalue weighted by Crippen LogP contribution is -2.27. The summed E-state index contributed by atoms with van der Waals surface area (Å²) < 4.78 is 0. The number of hydrogen-bond acceptors (Lipinski definition) is 5. The average Bonchev–Trinajstić information content (AvgIpc) is 2.72. The van der Waals surface area contributed by atoms with Crippen LogP contribution in [0.5, 0.6) is 0 Å². The minimum atomic E-state index is -0.436. The van der Waals surface area contributed by atoms with Gasteiger partial charge < -0.3 is 33.2 Å². The van der Waals surface area contributed by atoms with Gasteiger partial charge >= 0.3 is 0 Å². The lowest BCUT2D eigenvalue weighted by Gasteiger charge is -2.10. The highest BCUT2D eigenvalue weighted by molar-refractivity contribution is 6.06. The Kier molecular flexibility index (Phi) is 8.08. The second-order valence-corrected chi connectivity index (χ2v) is 6.44. The van der Waals surface area contributed by atoms with E-state index >= 15 is 0 Å². The number of benzene rings is 2. The maximum absolute atomic E-state index is 12.6. The summed E-state index contributed by atoms with van der Waals surface area (Å²) in [4.78, 5) is 40.2. The molecule has 2 aromatic rings.